The molecule has 1 aromatic heterocycles. The van der Waals surface area contributed by atoms with E-state index in [0.717, 1.165) is 15.3 Å². The Kier molecular flexibility index (Phi) is 3.89. The van der Waals surface area contributed by atoms with Crippen molar-refractivity contribution in [2.45, 2.75) is 38.6 Å². The Hall–Kier alpha value is -0.870. The second kappa shape index (κ2) is 5.63. The molecule has 0 unspecified atom stereocenters. The molecule has 0 amide bonds. The average molecular weight is 337 g/mol. The fourth-order valence-corrected chi connectivity index (χ4v) is 3.76. The van der Waals surface area contributed by atoms with Crippen LogP contribution in [0.5, 0.6) is 0 Å². The fourth-order valence-electron chi connectivity index (χ4n) is 2.58. The third-order valence-electron chi connectivity index (χ3n) is 3.60. The van der Waals surface area contributed by atoms with E-state index in [1.54, 1.807) is 11.3 Å². The summed E-state index contributed by atoms with van der Waals surface area (Å²) in [5.41, 5.74) is 2.30. The first-order valence-electron chi connectivity index (χ1n) is 6.72. The molecule has 1 saturated carbocycles. The predicted octanol–water partition coefficient (Wildman–Crippen LogP) is 5.24. The molecule has 4 heteroatoms. The second-order valence-corrected chi connectivity index (χ2v) is 7.18. The Morgan fingerprint density at radius 1 is 1.21 bits per heavy atom. The van der Waals surface area contributed by atoms with Crippen LogP contribution in [-0.2, 0) is 0 Å². The van der Waals surface area contributed by atoms with Crippen molar-refractivity contribution >= 4 is 32.4 Å². The number of halogens is 1. The Labute approximate surface area is 126 Å². The lowest BCUT2D eigenvalue weighted by Gasteiger charge is -2.09. The van der Waals surface area contributed by atoms with Gasteiger partial charge in [0.25, 0.3) is 0 Å². The van der Waals surface area contributed by atoms with Crippen molar-refractivity contribution < 1.29 is 0 Å². The van der Waals surface area contributed by atoms with Crippen LogP contribution in [0.4, 0.5) is 5.13 Å². The van der Waals surface area contributed by atoms with Gasteiger partial charge in [0.1, 0.15) is 0 Å². The van der Waals surface area contributed by atoms with E-state index in [1.165, 1.54) is 36.1 Å². The van der Waals surface area contributed by atoms with E-state index >= 15 is 0 Å². The van der Waals surface area contributed by atoms with Crippen LogP contribution in [0.3, 0.4) is 0 Å². The highest BCUT2D eigenvalue weighted by molar-refractivity contribution is 9.10. The van der Waals surface area contributed by atoms with E-state index in [9.17, 15) is 0 Å². The van der Waals surface area contributed by atoms with Crippen molar-refractivity contribution in [2.24, 2.45) is 0 Å². The van der Waals surface area contributed by atoms with Gasteiger partial charge >= 0.3 is 0 Å². The van der Waals surface area contributed by atoms with Crippen molar-refractivity contribution in [1.82, 2.24) is 4.98 Å². The summed E-state index contributed by atoms with van der Waals surface area (Å²) in [5, 5.41) is 4.65. The number of rotatable bonds is 3. The zero-order valence-corrected chi connectivity index (χ0v) is 13.4. The fraction of sp³-hybridized carbons (Fsp3) is 0.400. The standard InChI is InChI=1S/C15H17BrN2S/c1-10-14(11-6-8-12(16)9-7-11)18-15(19-10)17-13-4-2-3-5-13/h6-9,13H,2-5H2,1H3,(H,17,18). The van der Waals surface area contributed by atoms with Gasteiger partial charge in [-0.15, -0.1) is 11.3 Å². The molecule has 2 nitrogen and oxygen atoms in total. The summed E-state index contributed by atoms with van der Waals surface area (Å²) in [4.78, 5) is 6.05. The van der Waals surface area contributed by atoms with Gasteiger partial charge in [0, 0.05) is 21.0 Å². The molecule has 1 N–H and O–H groups in total. The molecule has 1 aliphatic rings. The van der Waals surface area contributed by atoms with Gasteiger partial charge in [-0.3, -0.25) is 0 Å². The maximum Gasteiger partial charge on any atom is 0.183 e. The topological polar surface area (TPSA) is 24.9 Å². The number of nitrogens with one attached hydrogen (secondary N) is 1. The molecule has 1 aromatic carbocycles. The minimum Gasteiger partial charge on any atom is -0.359 e. The van der Waals surface area contributed by atoms with Crippen molar-refractivity contribution in [3.8, 4) is 11.3 Å². The Bertz CT molecular complexity index is 556. The largest absolute Gasteiger partial charge is 0.359 e. The lowest BCUT2D eigenvalue weighted by Crippen LogP contribution is -2.13. The Morgan fingerprint density at radius 3 is 2.58 bits per heavy atom. The Morgan fingerprint density at radius 2 is 1.89 bits per heavy atom. The van der Waals surface area contributed by atoms with E-state index < -0.39 is 0 Å². The SMILES string of the molecule is Cc1sc(NC2CCCC2)nc1-c1ccc(Br)cc1. The number of hydrogen-bond donors (Lipinski definition) is 1. The number of thiazole rings is 1. The molecule has 0 saturated heterocycles. The van der Waals surface area contributed by atoms with Gasteiger partial charge in [-0.2, -0.15) is 0 Å². The van der Waals surface area contributed by atoms with Crippen LogP contribution in [-0.4, -0.2) is 11.0 Å². The number of aromatic nitrogens is 1. The number of aryl methyl sites for hydroxylation is 1. The summed E-state index contributed by atoms with van der Waals surface area (Å²) >= 11 is 5.24. The summed E-state index contributed by atoms with van der Waals surface area (Å²) in [6.45, 7) is 2.15. The van der Waals surface area contributed by atoms with Gasteiger partial charge in [0.15, 0.2) is 5.13 Å². The zero-order valence-electron chi connectivity index (χ0n) is 10.9. The summed E-state index contributed by atoms with van der Waals surface area (Å²) in [7, 11) is 0. The number of anilines is 1. The highest BCUT2D eigenvalue weighted by Crippen LogP contribution is 2.32. The van der Waals surface area contributed by atoms with Crippen molar-refractivity contribution in [2.75, 3.05) is 5.32 Å². The molecule has 100 valence electrons. The molecule has 1 heterocycles. The molecule has 0 spiro atoms. The lowest BCUT2D eigenvalue weighted by atomic mass is 10.1. The Balaban J connectivity index is 1.82. The predicted molar refractivity (Wildman–Crippen MR) is 85.9 cm³/mol. The van der Waals surface area contributed by atoms with Crippen molar-refractivity contribution in [1.29, 1.82) is 0 Å². The van der Waals surface area contributed by atoms with Crippen molar-refractivity contribution in [3.05, 3.63) is 33.6 Å². The molecule has 19 heavy (non-hydrogen) atoms. The second-order valence-electron chi connectivity index (χ2n) is 5.06. The van der Waals surface area contributed by atoms with Crippen LogP contribution in [0.1, 0.15) is 30.6 Å². The van der Waals surface area contributed by atoms with Gasteiger partial charge in [0.05, 0.1) is 5.69 Å². The smallest absolute Gasteiger partial charge is 0.183 e. The minimum atomic E-state index is 0.628. The van der Waals surface area contributed by atoms with Crippen LogP contribution in [0.15, 0.2) is 28.7 Å². The molecular weight excluding hydrogens is 320 g/mol. The summed E-state index contributed by atoms with van der Waals surface area (Å²) in [5.74, 6) is 0. The molecule has 1 aliphatic carbocycles. The van der Waals surface area contributed by atoms with Gasteiger partial charge < -0.3 is 5.32 Å². The third kappa shape index (κ3) is 3.00. The molecule has 0 atom stereocenters. The molecule has 1 fully saturated rings. The highest BCUT2D eigenvalue weighted by Gasteiger charge is 2.17. The van der Waals surface area contributed by atoms with Gasteiger partial charge in [-0.25, -0.2) is 4.98 Å². The van der Waals surface area contributed by atoms with E-state index in [1.807, 2.05) is 0 Å². The van der Waals surface area contributed by atoms with Crippen LogP contribution in [0.25, 0.3) is 11.3 Å². The third-order valence-corrected chi connectivity index (χ3v) is 5.03. The molecule has 0 aliphatic heterocycles. The molecular formula is C15H17BrN2S. The van der Waals surface area contributed by atoms with Gasteiger partial charge in [-0.05, 0) is 31.9 Å². The summed E-state index contributed by atoms with van der Waals surface area (Å²) in [6, 6.07) is 9.00. The maximum absolute atomic E-state index is 4.77. The number of hydrogen-bond acceptors (Lipinski definition) is 3. The van der Waals surface area contributed by atoms with E-state index in [4.69, 9.17) is 4.98 Å². The first-order valence-corrected chi connectivity index (χ1v) is 8.33. The quantitative estimate of drug-likeness (QED) is 0.829. The van der Waals surface area contributed by atoms with Gasteiger partial charge in [-0.1, -0.05) is 40.9 Å². The highest BCUT2D eigenvalue weighted by atomic mass is 79.9. The van der Waals surface area contributed by atoms with Crippen molar-refractivity contribution in [3.63, 3.8) is 0 Å². The zero-order chi connectivity index (χ0) is 13.2. The summed E-state index contributed by atoms with van der Waals surface area (Å²) < 4.78 is 1.11. The normalized spacial score (nSPS) is 15.9. The molecule has 3 rings (SSSR count). The van der Waals surface area contributed by atoms with Crippen LogP contribution >= 0.6 is 27.3 Å². The monoisotopic (exact) mass is 336 g/mol. The van der Waals surface area contributed by atoms with Crippen LogP contribution in [0, 0.1) is 6.92 Å². The van der Waals surface area contributed by atoms with E-state index in [2.05, 4.69) is 52.4 Å². The van der Waals surface area contributed by atoms with E-state index in [0.29, 0.717) is 6.04 Å². The first kappa shape index (κ1) is 13.1. The minimum absolute atomic E-state index is 0.628. The first-order chi connectivity index (χ1) is 9.22. The average Bonchev–Trinajstić information content (AvgIpc) is 3.01. The molecule has 0 bridgehead atoms. The lowest BCUT2D eigenvalue weighted by molar-refractivity contribution is 0.754. The number of benzene rings is 1. The maximum atomic E-state index is 4.77. The molecule has 0 radical (unpaired) electrons. The van der Waals surface area contributed by atoms with Gasteiger partial charge in [0.2, 0.25) is 0 Å². The number of nitrogens with zero attached hydrogens (tertiary/aromatic N) is 1. The summed E-state index contributed by atoms with van der Waals surface area (Å²) in [6.07, 6.45) is 5.27. The molecule has 2 aromatic rings. The van der Waals surface area contributed by atoms with Crippen LogP contribution in [0.2, 0.25) is 0 Å². The van der Waals surface area contributed by atoms with E-state index in [-0.39, 0.29) is 0 Å². The van der Waals surface area contributed by atoms with Crippen LogP contribution < -0.4 is 5.32 Å².